The van der Waals surface area contributed by atoms with Gasteiger partial charge in [-0.15, -0.1) is 0 Å². The minimum absolute atomic E-state index is 0.245. The summed E-state index contributed by atoms with van der Waals surface area (Å²) < 4.78 is 18.5. The predicted octanol–water partition coefficient (Wildman–Crippen LogP) is 2.69. The van der Waals surface area contributed by atoms with Crippen LogP contribution in [0.3, 0.4) is 0 Å². The van der Waals surface area contributed by atoms with Gasteiger partial charge in [0.1, 0.15) is 0 Å². The standard InChI is InChI=1S/C14H18FNO/c1-17-14-5-2-9(7-13(14)15)12-6-10(12)8-16-11-3-4-11/h2,5,7,10-12,16H,3-4,6,8H2,1H3. The summed E-state index contributed by atoms with van der Waals surface area (Å²) in [6, 6.07) is 6.11. The molecule has 0 aromatic heterocycles. The van der Waals surface area contributed by atoms with E-state index in [-0.39, 0.29) is 5.82 Å². The molecule has 0 saturated heterocycles. The van der Waals surface area contributed by atoms with Crippen molar-refractivity contribution >= 4 is 0 Å². The summed E-state index contributed by atoms with van der Waals surface area (Å²) in [5, 5.41) is 3.54. The quantitative estimate of drug-likeness (QED) is 0.847. The monoisotopic (exact) mass is 235 g/mol. The lowest BCUT2D eigenvalue weighted by Gasteiger charge is -2.05. The van der Waals surface area contributed by atoms with Gasteiger partial charge < -0.3 is 10.1 Å². The second kappa shape index (κ2) is 4.30. The molecule has 2 atom stereocenters. The van der Waals surface area contributed by atoms with Crippen LogP contribution in [0.15, 0.2) is 18.2 Å². The predicted molar refractivity (Wildman–Crippen MR) is 64.8 cm³/mol. The molecule has 1 aromatic rings. The maximum atomic E-state index is 13.5. The third kappa shape index (κ3) is 2.44. The maximum Gasteiger partial charge on any atom is 0.165 e. The molecule has 1 aromatic carbocycles. The first-order valence-corrected chi connectivity index (χ1v) is 6.34. The molecule has 0 aliphatic heterocycles. The highest BCUT2D eigenvalue weighted by Gasteiger charge is 2.39. The van der Waals surface area contributed by atoms with Gasteiger partial charge in [0, 0.05) is 6.04 Å². The van der Waals surface area contributed by atoms with E-state index in [4.69, 9.17) is 4.74 Å². The Hall–Kier alpha value is -1.09. The van der Waals surface area contributed by atoms with Gasteiger partial charge in [-0.05, 0) is 55.3 Å². The topological polar surface area (TPSA) is 21.3 Å². The molecule has 0 spiro atoms. The van der Waals surface area contributed by atoms with Crippen LogP contribution in [0.4, 0.5) is 4.39 Å². The van der Waals surface area contributed by atoms with Gasteiger partial charge in [-0.3, -0.25) is 0 Å². The molecule has 0 amide bonds. The smallest absolute Gasteiger partial charge is 0.165 e. The maximum absolute atomic E-state index is 13.5. The van der Waals surface area contributed by atoms with Crippen molar-refractivity contribution < 1.29 is 9.13 Å². The number of hydrogen-bond donors (Lipinski definition) is 1. The van der Waals surface area contributed by atoms with E-state index in [0.717, 1.165) is 18.2 Å². The third-order valence-corrected chi connectivity index (χ3v) is 3.77. The van der Waals surface area contributed by atoms with Gasteiger partial charge in [-0.2, -0.15) is 0 Å². The van der Waals surface area contributed by atoms with Gasteiger partial charge in [0.25, 0.3) is 0 Å². The van der Waals surface area contributed by atoms with Crippen molar-refractivity contribution in [2.24, 2.45) is 5.92 Å². The van der Waals surface area contributed by atoms with E-state index in [1.54, 1.807) is 12.1 Å². The van der Waals surface area contributed by atoms with Crippen LogP contribution in [-0.4, -0.2) is 19.7 Å². The Morgan fingerprint density at radius 1 is 1.41 bits per heavy atom. The Labute approximate surface area is 101 Å². The van der Waals surface area contributed by atoms with E-state index in [2.05, 4.69) is 5.32 Å². The Bertz CT molecular complexity index is 417. The van der Waals surface area contributed by atoms with Gasteiger partial charge in [0.15, 0.2) is 11.6 Å². The van der Waals surface area contributed by atoms with Gasteiger partial charge >= 0.3 is 0 Å². The number of ether oxygens (including phenoxy) is 1. The van der Waals surface area contributed by atoms with E-state index >= 15 is 0 Å². The number of rotatable bonds is 5. The second-order valence-corrected chi connectivity index (χ2v) is 5.18. The van der Waals surface area contributed by atoms with E-state index in [0.29, 0.717) is 17.6 Å². The molecule has 17 heavy (non-hydrogen) atoms. The molecule has 3 heteroatoms. The first-order valence-electron chi connectivity index (χ1n) is 6.34. The van der Waals surface area contributed by atoms with Crippen molar-refractivity contribution in [2.75, 3.05) is 13.7 Å². The lowest BCUT2D eigenvalue weighted by molar-refractivity contribution is 0.386. The van der Waals surface area contributed by atoms with Gasteiger partial charge in [0.2, 0.25) is 0 Å². The highest BCUT2D eigenvalue weighted by molar-refractivity contribution is 5.34. The average Bonchev–Trinajstić information content (AvgIpc) is 3.20. The Balaban J connectivity index is 1.59. The van der Waals surface area contributed by atoms with E-state index < -0.39 is 0 Å². The number of hydrogen-bond acceptors (Lipinski definition) is 2. The third-order valence-electron chi connectivity index (χ3n) is 3.77. The van der Waals surface area contributed by atoms with Crippen molar-refractivity contribution in [1.82, 2.24) is 5.32 Å². The van der Waals surface area contributed by atoms with Crippen LogP contribution in [0.1, 0.15) is 30.7 Å². The molecule has 0 bridgehead atoms. The minimum Gasteiger partial charge on any atom is -0.494 e. The zero-order chi connectivity index (χ0) is 11.8. The molecule has 0 radical (unpaired) electrons. The van der Waals surface area contributed by atoms with Crippen LogP contribution < -0.4 is 10.1 Å². The number of benzene rings is 1. The molecule has 92 valence electrons. The Morgan fingerprint density at radius 3 is 2.88 bits per heavy atom. The molecule has 2 aliphatic rings. The Kier molecular flexibility index (Phi) is 2.79. The fraction of sp³-hybridized carbons (Fsp3) is 0.571. The van der Waals surface area contributed by atoms with Crippen LogP contribution in [0.25, 0.3) is 0 Å². The zero-order valence-corrected chi connectivity index (χ0v) is 10.1. The van der Waals surface area contributed by atoms with Crippen molar-refractivity contribution in [3.05, 3.63) is 29.6 Å². The van der Waals surface area contributed by atoms with Crippen molar-refractivity contribution in [3.63, 3.8) is 0 Å². The van der Waals surface area contributed by atoms with E-state index in [9.17, 15) is 4.39 Å². The summed E-state index contributed by atoms with van der Waals surface area (Å²) in [5.74, 6) is 1.33. The molecule has 2 nitrogen and oxygen atoms in total. The summed E-state index contributed by atoms with van der Waals surface area (Å²) in [6.45, 7) is 1.09. The number of methoxy groups -OCH3 is 1. The number of halogens is 1. The van der Waals surface area contributed by atoms with Gasteiger partial charge in [0.05, 0.1) is 7.11 Å². The highest BCUT2D eigenvalue weighted by Crippen LogP contribution is 2.47. The second-order valence-electron chi connectivity index (χ2n) is 5.18. The lowest BCUT2D eigenvalue weighted by Crippen LogP contribution is -2.19. The average molecular weight is 235 g/mol. The van der Waals surface area contributed by atoms with Crippen molar-refractivity contribution in [2.45, 2.75) is 31.2 Å². The van der Waals surface area contributed by atoms with Crippen LogP contribution in [0.5, 0.6) is 5.75 Å². The van der Waals surface area contributed by atoms with Crippen LogP contribution in [-0.2, 0) is 0 Å². The zero-order valence-electron chi connectivity index (χ0n) is 10.1. The SMILES string of the molecule is COc1ccc(C2CC2CNC2CC2)cc1F. The molecule has 1 N–H and O–H groups in total. The summed E-state index contributed by atoms with van der Waals surface area (Å²) in [5.41, 5.74) is 1.12. The summed E-state index contributed by atoms with van der Waals surface area (Å²) in [6.07, 6.45) is 3.84. The molecule has 2 fully saturated rings. The van der Waals surface area contributed by atoms with Crippen LogP contribution >= 0.6 is 0 Å². The summed E-state index contributed by atoms with van der Waals surface area (Å²) >= 11 is 0. The van der Waals surface area contributed by atoms with Crippen molar-refractivity contribution in [3.8, 4) is 5.75 Å². The first-order chi connectivity index (χ1) is 8.28. The molecular weight excluding hydrogens is 217 g/mol. The van der Waals surface area contributed by atoms with Gasteiger partial charge in [-0.25, -0.2) is 4.39 Å². The molecule has 2 unspecified atom stereocenters. The largest absolute Gasteiger partial charge is 0.494 e. The van der Waals surface area contributed by atoms with E-state index in [1.165, 1.54) is 26.4 Å². The fourth-order valence-electron chi connectivity index (χ4n) is 2.40. The van der Waals surface area contributed by atoms with E-state index in [1.807, 2.05) is 6.07 Å². The summed E-state index contributed by atoms with van der Waals surface area (Å²) in [4.78, 5) is 0. The molecule has 3 rings (SSSR count). The first kappa shape index (κ1) is 11.0. The van der Waals surface area contributed by atoms with Crippen LogP contribution in [0.2, 0.25) is 0 Å². The summed E-state index contributed by atoms with van der Waals surface area (Å²) in [7, 11) is 1.50. The number of nitrogens with one attached hydrogen (secondary N) is 1. The molecule has 2 saturated carbocycles. The fourth-order valence-corrected chi connectivity index (χ4v) is 2.40. The normalized spacial score (nSPS) is 26.9. The van der Waals surface area contributed by atoms with Crippen molar-refractivity contribution in [1.29, 1.82) is 0 Å². The lowest BCUT2D eigenvalue weighted by atomic mass is 10.1. The molecular formula is C14H18FNO. The van der Waals surface area contributed by atoms with Crippen LogP contribution in [0, 0.1) is 11.7 Å². The molecule has 2 aliphatic carbocycles. The Morgan fingerprint density at radius 2 is 2.24 bits per heavy atom. The minimum atomic E-state index is -0.245. The highest BCUT2D eigenvalue weighted by atomic mass is 19.1. The molecule has 0 heterocycles. The van der Waals surface area contributed by atoms with Gasteiger partial charge in [-0.1, -0.05) is 6.07 Å².